The zero-order valence-corrected chi connectivity index (χ0v) is 9.47. The molecule has 17 heavy (non-hydrogen) atoms. The van der Waals surface area contributed by atoms with Gasteiger partial charge in [0.1, 0.15) is 0 Å². The second-order valence-electron chi connectivity index (χ2n) is 3.38. The molecule has 0 aliphatic rings. The number of nitro groups is 1. The molecule has 0 atom stereocenters. The summed E-state index contributed by atoms with van der Waals surface area (Å²) in [6.07, 6.45) is 2.66. The summed E-state index contributed by atoms with van der Waals surface area (Å²) in [5.41, 5.74) is 6.86. The van der Waals surface area contributed by atoms with Crippen LogP contribution in [-0.2, 0) is 9.53 Å². The predicted molar refractivity (Wildman–Crippen MR) is 63.3 cm³/mol. The van der Waals surface area contributed by atoms with Crippen LogP contribution in [0.1, 0.15) is 11.1 Å². The first-order valence-corrected chi connectivity index (χ1v) is 4.76. The fourth-order valence-electron chi connectivity index (χ4n) is 1.30. The van der Waals surface area contributed by atoms with Crippen LogP contribution in [0.5, 0.6) is 0 Å². The Morgan fingerprint density at radius 1 is 1.53 bits per heavy atom. The van der Waals surface area contributed by atoms with Crippen LogP contribution in [0.15, 0.2) is 18.2 Å². The van der Waals surface area contributed by atoms with Crippen molar-refractivity contribution in [2.75, 3.05) is 12.8 Å². The largest absolute Gasteiger partial charge is 0.466 e. The molecule has 1 aromatic rings. The van der Waals surface area contributed by atoms with Gasteiger partial charge in [-0.05, 0) is 24.6 Å². The molecular formula is C11H12N2O4. The van der Waals surface area contributed by atoms with Crippen molar-refractivity contribution in [2.45, 2.75) is 6.92 Å². The molecule has 0 fully saturated rings. The van der Waals surface area contributed by atoms with Crippen LogP contribution in [0, 0.1) is 17.0 Å². The molecule has 0 aromatic heterocycles. The van der Waals surface area contributed by atoms with Gasteiger partial charge in [0.2, 0.25) is 0 Å². The Bertz CT molecular complexity index is 494. The highest BCUT2D eigenvalue weighted by molar-refractivity contribution is 5.88. The summed E-state index contributed by atoms with van der Waals surface area (Å²) in [6, 6.07) is 2.82. The van der Waals surface area contributed by atoms with E-state index in [0.29, 0.717) is 11.1 Å². The molecule has 0 saturated heterocycles. The molecular weight excluding hydrogens is 224 g/mol. The van der Waals surface area contributed by atoms with Crippen molar-refractivity contribution in [3.63, 3.8) is 0 Å². The highest BCUT2D eigenvalue weighted by Crippen LogP contribution is 2.25. The number of esters is 1. The third-order valence-corrected chi connectivity index (χ3v) is 2.20. The Morgan fingerprint density at radius 2 is 2.18 bits per heavy atom. The Hall–Kier alpha value is -2.37. The maximum absolute atomic E-state index is 10.9. The highest BCUT2D eigenvalue weighted by Gasteiger charge is 2.12. The molecule has 0 aliphatic carbocycles. The Balaban J connectivity index is 3.12. The number of nitrogens with zero attached hydrogens (tertiary/aromatic N) is 1. The smallest absolute Gasteiger partial charge is 0.330 e. The van der Waals surface area contributed by atoms with E-state index in [9.17, 15) is 14.9 Å². The van der Waals surface area contributed by atoms with Crippen LogP contribution in [0.3, 0.4) is 0 Å². The van der Waals surface area contributed by atoms with Gasteiger partial charge in [-0.3, -0.25) is 10.1 Å². The quantitative estimate of drug-likeness (QED) is 0.283. The van der Waals surface area contributed by atoms with Gasteiger partial charge in [0.15, 0.2) is 0 Å². The van der Waals surface area contributed by atoms with Gasteiger partial charge < -0.3 is 10.5 Å². The topological polar surface area (TPSA) is 95.5 Å². The van der Waals surface area contributed by atoms with E-state index >= 15 is 0 Å². The maximum Gasteiger partial charge on any atom is 0.330 e. The van der Waals surface area contributed by atoms with E-state index in [2.05, 4.69) is 4.74 Å². The molecule has 0 bridgehead atoms. The van der Waals surface area contributed by atoms with E-state index in [-0.39, 0.29) is 11.4 Å². The van der Waals surface area contributed by atoms with Gasteiger partial charge in [-0.2, -0.15) is 0 Å². The third-order valence-electron chi connectivity index (χ3n) is 2.20. The lowest BCUT2D eigenvalue weighted by atomic mass is 10.1. The number of rotatable bonds is 3. The van der Waals surface area contributed by atoms with E-state index in [1.54, 1.807) is 13.0 Å². The summed E-state index contributed by atoms with van der Waals surface area (Å²) >= 11 is 0. The molecule has 0 unspecified atom stereocenters. The van der Waals surface area contributed by atoms with Crippen LogP contribution in [0.2, 0.25) is 0 Å². The molecule has 0 saturated carbocycles. The maximum atomic E-state index is 10.9. The van der Waals surface area contributed by atoms with E-state index < -0.39 is 10.9 Å². The number of hydrogen-bond donors (Lipinski definition) is 1. The first-order chi connectivity index (χ1) is 7.95. The number of methoxy groups -OCH3 is 1. The number of nitrogens with two attached hydrogens (primary N) is 1. The summed E-state index contributed by atoms with van der Waals surface area (Å²) in [7, 11) is 1.26. The minimum atomic E-state index is -0.514. The Morgan fingerprint density at radius 3 is 2.71 bits per heavy atom. The monoisotopic (exact) mass is 236 g/mol. The lowest BCUT2D eigenvalue weighted by Gasteiger charge is -2.03. The van der Waals surface area contributed by atoms with E-state index in [1.807, 2.05) is 0 Å². The predicted octanol–water partition coefficient (Wildman–Crippen LogP) is 1.67. The summed E-state index contributed by atoms with van der Waals surface area (Å²) in [4.78, 5) is 21.1. The second-order valence-corrected chi connectivity index (χ2v) is 3.38. The molecule has 0 aliphatic heterocycles. The number of benzene rings is 1. The standard InChI is InChI=1S/C11H12N2O4/c1-7-5-8(3-4-11(14)17-2)9(12)6-10(7)13(15)16/h3-6H,12H2,1-2H3. The van der Waals surface area contributed by atoms with Gasteiger partial charge in [0.25, 0.3) is 5.69 Å². The number of hydrogen-bond acceptors (Lipinski definition) is 5. The lowest BCUT2D eigenvalue weighted by Crippen LogP contribution is -1.98. The molecule has 2 N–H and O–H groups in total. The van der Waals surface area contributed by atoms with Crippen molar-refractivity contribution in [3.8, 4) is 0 Å². The van der Waals surface area contributed by atoms with Crippen LogP contribution in [-0.4, -0.2) is 18.0 Å². The van der Waals surface area contributed by atoms with Gasteiger partial charge in [0, 0.05) is 23.4 Å². The average Bonchev–Trinajstić information content (AvgIpc) is 2.28. The van der Waals surface area contributed by atoms with Crippen LogP contribution in [0.25, 0.3) is 6.08 Å². The van der Waals surface area contributed by atoms with E-state index in [0.717, 1.165) is 0 Å². The fourth-order valence-corrected chi connectivity index (χ4v) is 1.30. The normalized spacial score (nSPS) is 10.5. The zero-order chi connectivity index (χ0) is 13.0. The lowest BCUT2D eigenvalue weighted by molar-refractivity contribution is -0.385. The number of carbonyl (C=O) groups excluding carboxylic acids is 1. The number of aryl methyl sites for hydroxylation is 1. The molecule has 90 valence electrons. The van der Waals surface area contributed by atoms with Crippen molar-refractivity contribution in [1.29, 1.82) is 0 Å². The van der Waals surface area contributed by atoms with Gasteiger partial charge in [-0.15, -0.1) is 0 Å². The molecule has 6 nitrogen and oxygen atoms in total. The zero-order valence-electron chi connectivity index (χ0n) is 9.47. The summed E-state index contributed by atoms with van der Waals surface area (Å²) in [6.45, 7) is 1.60. The Labute approximate surface area is 97.8 Å². The van der Waals surface area contributed by atoms with Gasteiger partial charge in [0.05, 0.1) is 12.0 Å². The first-order valence-electron chi connectivity index (χ1n) is 4.76. The number of nitrogen functional groups attached to an aromatic ring is 1. The molecule has 0 spiro atoms. The number of anilines is 1. The minimum Gasteiger partial charge on any atom is -0.466 e. The first kappa shape index (κ1) is 12.7. The average molecular weight is 236 g/mol. The van der Waals surface area contributed by atoms with Crippen molar-refractivity contribution in [3.05, 3.63) is 39.4 Å². The van der Waals surface area contributed by atoms with Crippen LogP contribution >= 0.6 is 0 Å². The molecule has 1 aromatic carbocycles. The van der Waals surface area contributed by atoms with Gasteiger partial charge >= 0.3 is 5.97 Å². The van der Waals surface area contributed by atoms with Crippen molar-refractivity contribution in [2.24, 2.45) is 0 Å². The van der Waals surface area contributed by atoms with E-state index in [1.165, 1.54) is 25.3 Å². The molecule has 6 heteroatoms. The molecule has 1 rings (SSSR count). The van der Waals surface area contributed by atoms with Gasteiger partial charge in [-0.1, -0.05) is 0 Å². The number of carbonyl (C=O) groups is 1. The Kier molecular flexibility index (Phi) is 3.82. The molecule has 0 amide bonds. The van der Waals surface area contributed by atoms with Gasteiger partial charge in [-0.25, -0.2) is 4.79 Å². The second kappa shape index (κ2) is 5.11. The molecule has 0 heterocycles. The van der Waals surface area contributed by atoms with Crippen LogP contribution < -0.4 is 5.73 Å². The summed E-state index contributed by atoms with van der Waals surface area (Å²) in [5, 5.41) is 10.7. The SMILES string of the molecule is COC(=O)C=Cc1cc(C)c([N+](=O)[O-])cc1N. The van der Waals surface area contributed by atoms with E-state index in [4.69, 9.17) is 5.73 Å². The fraction of sp³-hybridized carbons (Fsp3) is 0.182. The minimum absolute atomic E-state index is 0.0438. The van der Waals surface area contributed by atoms with Crippen molar-refractivity contribution < 1.29 is 14.5 Å². The van der Waals surface area contributed by atoms with Crippen LogP contribution in [0.4, 0.5) is 11.4 Å². The highest BCUT2D eigenvalue weighted by atomic mass is 16.6. The summed E-state index contributed by atoms with van der Waals surface area (Å²) < 4.78 is 4.43. The third kappa shape index (κ3) is 3.04. The van der Waals surface area contributed by atoms with Crippen molar-refractivity contribution >= 4 is 23.4 Å². The molecule has 0 radical (unpaired) electrons. The van der Waals surface area contributed by atoms with Crippen molar-refractivity contribution in [1.82, 2.24) is 0 Å². The number of ether oxygens (including phenoxy) is 1. The number of nitro benzene ring substituents is 1. The summed E-state index contributed by atoms with van der Waals surface area (Å²) in [5.74, 6) is -0.514.